The van der Waals surface area contributed by atoms with E-state index in [9.17, 15) is 15.3 Å². The van der Waals surface area contributed by atoms with E-state index in [1.54, 1.807) is 22.9 Å². The van der Waals surface area contributed by atoms with E-state index in [-0.39, 0.29) is 0 Å². The van der Waals surface area contributed by atoms with E-state index in [4.69, 9.17) is 27.9 Å². The number of aliphatic hydroxyl groups excluding tert-OH is 3. The van der Waals surface area contributed by atoms with Gasteiger partial charge in [0.05, 0.1) is 27.7 Å². The Kier molecular flexibility index (Phi) is 5.55. The van der Waals surface area contributed by atoms with Crippen LogP contribution in [0, 0.1) is 0 Å². The molecule has 7 nitrogen and oxygen atoms in total. The van der Waals surface area contributed by atoms with Gasteiger partial charge in [0, 0.05) is 18.3 Å². The van der Waals surface area contributed by atoms with E-state index in [1.165, 1.54) is 0 Å². The molecule has 1 aliphatic rings. The number of benzene rings is 1. The third-order valence-electron chi connectivity index (χ3n) is 4.91. The summed E-state index contributed by atoms with van der Waals surface area (Å²) in [7, 11) is 0. The van der Waals surface area contributed by atoms with E-state index in [0.717, 1.165) is 5.69 Å². The summed E-state index contributed by atoms with van der Waals surface area (Å²) in [6.07, 6.45) is -1.36. The minimum absolute atomic E-state index is 0.346. The first-order valence-corrected chi connectivity index (χ1v) is 9.63. The van der Waals surface area contributed by atoms with Crippen LogP contribution in [-0.2, 0) is 17.6 Å². The van der Waals surface area contributed by atoms with Crippen molar-refractivity contribution in [3.05, 3.63) is 58.1 Å². The zero-order valence-corrected chi connectivity index (χ0v) is 16.3. The van der Waals surface area contributed by atoms with Gasteiger partial charge < -0.3 is 20.1 Å². The molecule has 1 fully saturated rings. The fraction of sp³-hybridized carbons (Fsp3) is 0.368. The van der Waals surface area contributed by atoms with Gasteiger partial charge >= 0.3 is 0 Å². The van der Waals surface area contributed by atoms with Crippen molar-refractivity contribution in [3.63, 3.8) is 0 Å². The molecule has 4 rings (SSSR count). The molecule has 3 N–H and O–H groups in total. The Hall–Kier alpha value is -1.74. The lowest BCUT2D eigenvalue weighted by molar-refractivity contribution is -0.0520. The first-order valence-electron chi connectivity index (χ1n) is 8.88. The molecule has 148 valence electrons. The minimum atomic E-state index is -1.22. The summed E-state index contributed by atoms with van der Waals surface area (Å²) in [5.41, 5.74) is 2.13. The van der Waals surface area contributed by atoms with Crippen LogP contribution >= 0.6 is 23.2 Å². The second kappa shape index (κ2) is 7.94. The van der Waals surface area contributed by atoms with E-state index in [1.807, 2.05) is 18.2 Å². The van der Waals surface area contributed by atoms with Gasteiger partial charge in [0.1, 0.15) is 24.1 Å². The highest BCUT2D eigenvalue weighted by atomic mass is 35.5. The molecule has 0 bridgehead atoms. The maximum Gasteiger partial charge on any atom is 0.164 e. The third-order valence-corrected chi connectivity index (χ3v) is 5.63. The molecule has 1 aliphatic heterocycles. The second-order valence-electron chi connectivity index (χ2n) is 6.70. The van der Waals surface area contributed by atoms with Crippen LogP contribution in [0.3, 0.4) is 0 Å². The van der Waals surface area contributed by atoms with Gasteiger partial charge in [-0.2, -0.15) is 0 Å². The molecule has 28 heavy (non-hydrogen) atoms. The molecule has 0 radical (unpaired) electrons. The smallest absolute Gasteiger partial charge is 0.164 e. The predicted molar refractivity (Wildman–Crippen MR) is 104 cm³/mol. The van der Waals surface area contributed by atoms with E-state index >= 15 is 0 Å². The minimum Gasteiger partial charge on any atom is -0.394 e. The first kappa shape index (κ1) is 19.6. The topological polar surface area (TPSA) is 101 Å². The summed E-state index contributed by atoms with van der Waals surface area (Å²) < 4.78 is 7.44. The standard InChI is InChI=1S/C19H19Cl2N3O4/c20-11-7-13-14(8-12(11)21)24(19-18(27)17(26)15(9-25)28-19)16(23-13)5-4-10-3-1-2-6-22-10/h1-3,6-8,15,17-19,25-27H,4-5,9H2/t15-,17-,18-,19-/m1/s1. The summed E-state index contributed by atoms with van der Waals surface area (Å²) in [6.45, 7) is -0.406. The lowest BCUT2D eigenvalue weighted by atomic mass is 10.1. The average molecular weight is 424 g/mol. The molecule has 1 aromatic carbocycles. The largest absolute Gasteiger partial charge is 0.394 e. The van der Waals surface area contributed by atoms with Gasteiger partial charge in [0.15, 0.2) is 6.23 Å². The first-order chi connectivity index (χ1) is 13.5. The number of aryl methyl sites for hydroxylation is 2. The molecule has 0 aliphatic carbocycles. The molecule has 3 heterocycles. The second-order valence-corrected chi connectivity index (χ2v) is 7.52. The van der Waals surface area contributed by atoms with Crippen molar-refractivity contribution < 1.29 is 20.1 Å². The number of pyridine rings is 1. The molecule has 0 amide bonds. The van der Waals surface area contributed by atoms with Crippen molar-refractivity contribution in [1.29, 1.82) is 0 Å². The average Bonchev–Trinajstić information content (AvgIpc) is 3.18. The molecule has 2 aromatic heterocycles. The van der Waals surface area contributed by atoms with Crippen LogP contribution in [0.5, 0.6) is 0 Å². The maximum atomic E-state index is 10.5. The van der Waals surface area contributed by atoms with Crippen molar-refractivity contribution in [2.24, 2.45) is 0 Å². The van der Waals surface area contributed by atoms with Crippen LogP contribution < -0.4 is 0 Å². The van der Waals surface area contributed by atoms with Gasteiger partial charge in [0.25, 0.3) is 0 Å². The molecule has 3 aromatic rings. The highest BCUT2D eigenvalue weighted by molar-refractivity contribution is 6.42. The number of hydrogen-bond acceptors (Lipinski definition) is 6. The number of ether oxygens (including phenoxy) is 1. The van der Waals surface area contributed by atoms with Crippen LogP contribution in [0.1, 0.15) is 17.7 Å². The Labute approximate surface area is 171 Å². The van der Waals surface area contributed by atoms with E-state index in [0.29, 0.717) is 39.7 Å². The van der Waals surface area contributed by atoms with Crippen molar-refractivity contribution in [1.82, 2.24) is 14.5 Å². The van der Waals surface area contributed by atoms with Crippen LogP contribution in [0.25, 0.3) is 11.0 Å². The SMILES string of the molecule is OC[C@H]1O[C@@H](n2c(CCc3ccccn3)nc3cc(Cl)c(Cl)cc32)[C@H](O)[C@@H]1O. The molecule has 0 unspecified atom stereocenters. The third kappa shape index (κ3) is 3.50. The Morgan fingerprint density at radius 2 is 1.86 bits per heavy atom. The fourth-order valence-electron chi connectivity index (χ4n) is 3.48. The molecular weight excluding hydrogens is 405 g/mol. The Balaban J connectivity index is 1.76. The zero-order chi connectivity index (χ0) is 19.8. The summed E-state index contributed by atoms with van der Waals surface area (Å²) in [6, 6.07) is 9.00. The molecule has 1 saturated heterocycles. The molecule has 9 heteroatoms. The predicted octanol–water partition coefficient (Wildman–Crippen LogP) is 2.13. The van der Waals surface area contributed by atoms with Crippen LogP contribution in [0.4, 0.5) is 0 Å². The normalized spacial score (nSPS) is 24.9. The van der Waals surface area contributed by atoms with E-state index < -0.39 is 31.1 Å². The highest BCUT2D eigenvalue weighted by Crippen LogP contribution is 2.36. The molecule has 4 atom stereocenters. The lowest BCUT2D eigenvalue weighted by Crippen LogP contribution is -2.33. The molecule has 0 spiro atoms. The fourth-order valence-corrected chi connectivity index (χ4v) is 3.80. The summed E-state index contributed by atoms with van der Waals surface area (Å²) >= 11 is 12.3. The van der Waals surface area contributed by atoms with Crippen LogP contribution in [-0.4, -0.2) is 54.8 Å². The number of halogens is 2. The number of rotatable bonds is 5. The Morgan fingerprint density at radius 1 is 1.07 bits per heavy atom. The number of aliphatic hydroxyl groups is 3. The van der Waals surface area contributed by atoms with Gasteiger partial charge in [0.2, 0.25) is 0 Å². The summed E-state index contributed by atoms with van der Waals surface area (Å²) in [4.78, 5) is 8.96. The van der Waals surface area contributed by atoms with Crippen molar-refractivity contribution in [2.45, 2.75) is 37.4 Å². The van der Waals surface area contributed by atoms with Gasteiger partial charge in [-0.3, -0.25) is 9.55 Å². The van der Waals surface area contributed by atoms with Crippen molar-refractivity contribution >= 4 is 34.2 Å². The Morgan fingerprint density at radius 3 is 2.54 bits per heavy atom. The van der Waals surface area contributed by atoms with Crippen LogP contribution in [0.2, 0.25) is 10.0 Å². The summed E-state index contributed by atoms with van der Waals surface area (Å²) in [5.74, 6) is 0.633. The monoisotopic (exact) mass is 423 g/mol. The van der Waals surface area contributed by atoms with E-state index in [2.05, 4.69) is 9.97 Å². The number of fused-ring (bicyclic) bond motifs is 1. The maximum absolute atomic E-state index is 10.5. The molecular formula is C19H19Cl2N3O4. The van der Waals surface area contributed by atoms with Gasteiger partial charge in [-0.15, -0.1) is 0 Å². The lowest BCUT2D eigenvalue weighted by Gasteiger charge is -2.20. The highest BCUT2D eigenvalue weighted by Gasteiger charge is 2.44. The number of hydrogen-bond donors (Lipinski definition) is 3. The van der Waals surface area contributed by atoms with Gasteiger partial charge in [-0.25, -0.2) is 4.98 Å². The van der Waals surface area contributed by atoms with Crippen LogP contribution in [0.15, 0.2) is 36.5 Å². The summed E-state index contributed by atoms with van der Waals surface area (Å²) in [5, 5.41) is 30.8. The van der Waals surface area contributed by atoms with Gasteiger partial charge in [-0.05, 0) is 30.7 Å². The number of aromatic nitrogens is 3. The van der Waals surface area contributed by atoms with Gasteiger partial charge in [-0.1, -0.05) is 29.3 Å². The number of imidazole rings is 1. The molecule has 0 saturated carbocycles. The van der Waals surface area contributed by atoms with Crippen molar-refractivity contribution in [3.8, 4) is 0 Å². The Bertz CT molecular complexity index is 982. The number of nitrogens with zero attached hydrogens (tertiary/aromatic N) is 3. The zero-order valence-electron chi connectivity index (χ0n) is 14.7. The van der Waals surface area contributed by atoms with Crippen molar-refractivity contribution in [2.75, 3.05) is 6.61 Å². The quantitative estimate of drug-likeness (QED) is 0.580.